The van der Waals surface area contributed by atoms with Crippen LogP contribution in [0.5, 0.6) is 5.75 Å². The van der Waals surface area contributed by atoms with Crippen LogP contribution in [-0.4, -0.2) is 25.2 Å². The molecule has 3 rings (SSSR count). The van der Waals surface area contributed by atoms with Crippen LogP contribution >= 0.6 is 0 Å². The number of hydrogen-bond donors (Lipinski definition) is 1. The van der Waals surface area contributed by atoms with E-state index in [1.165, 1.54) is 7.11 Å². The first-order chi connectivity index (χ1) is 14.8. The molecule has 160 valence electrons. The Hall–Kier alpha value is -3.60. The summed E-state index contributed by atoms with van der Waals surface area (Å²) in [7, 11) is 3.00. The Bertz CT molecular complexity index is 1180. The van der Waals surface area contributed by atoms with E-state index in [1.807, 2.05) is 36.4 Å². The predicted molar refractivity (Wildman–Crippen MR) is 124 cm³/mol. The number of carbonyl (C=O) groups excluding carboxylic acids is 1. The van der Waals surface area contributed by atoms with Crippen LogP contribution in [0, 0.1) is 0 Å². The number of esters is 1. The topological polar surface area (TPSA) is 68.4 Å². The number of methoxy groups -OCH3 is 2. The van der Waals surface area contributed by atoms with E-state index in [1.54, 1.807) is 37.6 Å². The molecular weight excluding hydrogens is 390 g/mol. The summed E-state index contributed by atoms with van der Waals surface area (Å²) in [4.78, 5) is 27.3. The smallest absolute Gasteiger partial charge is 0.338 e. The lowest BCUT2D eigenvalue weighted by Crippen LogP contribution is -2.15. The highest BCUT2D eigenvalue weighted by molar-refractivity contribution is 5.95. The number of hydrogen-bond acceptors (Lipinski definition) is 4. The van der Waals surface area contributed by atoms with Gasteiger partial charge in [-0.15, -0.1) is 0 Å². The minimum Gasteiger partial charge on any atom is -0.496 e. The van der Waals surface area contributed by atoms with E-state index in [2.05, 4.69) is 25.8 Å². The highest BCUT2D eigenvalue weighted by Gasteiger charge is 2.23. The summed E-state index contributed by atoms with van der Waals surface area (Å²) >= 11 is 0. The van der Waals surface area contributed by atoms with E-state index in [4.69, 9.17) is 9.47 Å². The summed E-state index contributed by atoms with van der Waals surface area (Å²) in [5, 5.41) is 0. The van der Waals surface area contributed by atoms with Gasteiger partial charge in [-0.25, -0.2) is 4.79 Å². The second kappa shape index (κ2) is 9.04. The predicted octanol–water partition coefficient (Wildman–Crippen LogP) is 5.31. The molecule has 31 heavy (non-hydrogen) atoms. The van der Waals surface area contributed by atoms with E-state index < -0.39 is 5.97 Å². The van der Waals surface area contributed by atoms with Gasteiger partial charge in [0.15, 0.2) is 0 Å². The molecule has 0 saturated carbocycles. The van der Waals surface area contributed by atoms with Gasteiger partial charge in [-0.2, -0.15) is 0 Å². The lowest BCUT2D eigenvalue weighted by atomic mass is 9.83. The molecule has 0 radical (unpaired) electrons. The standard InChI is InChI=1S/C26H27NO4/c1-26(2,3)22-16-19(20-11-8-14-27-24(20)28)15-18(23(22)30-4)13-12-17-9-6-7-10-21(17)25(29)31-5/h6-16H,1-5H3,(H,27,28)/b13-12+. The largest absolute Gasteiger partial charge is 0.496 e. The first kappa shape index (κ1) is 22.1. The quantitative estimate of drug-likeness (QED) is 0.451. The zero-order valence-corrected chi connectivity index (χ0v) is 18.5. The lowest BCUT2D eigenvalue weighted by Gasteiger charge is -2.24. The molecule has 1 heterocycles. The summed E-state index contributed by atoms with van der Waals surface area (Å²) in [6.45, 7) is 6.30. The van der Waals surface area contributed by atoms with Gasteiger partial charge in [0.25, 0.3) is 5.56 Å². The van der Waals surface area contributed by atoms with Gasteiger partial charge in [-0.3, -0.25) is 4.79 Å². The van der Waals surface area contributed by atoms with Crippen molar-refractivity contribution in [3.05, 3.63) is 87.3 Å². The molecule has 1 N–H and O–H groups in total. The van der Waals surface area contributed by atoms with E-state index in [0.29, 0.717) is 11.1 Å². The van der Waals surface area contributed by atoms with Crippen LogP contribution < -0.4 is 10.3 Å². The van der Waals surface area contributed by atoms with Gasteiger partial charge in [0.1, 0.15) is 5.75 Å². The monoisotopic (exact) mass is 417 g/mol. The van der Waals surface area contributed by atoms with Crippen LogP contribution in [0.4, 0.5) is 0 Å². The number of H-pyrrole nitrogens is 1. The Balaban J connectivity index is 2.21. The zero-order chi connectivity index (χ0) is 22.6. The highest BCUT2D eigenvalue weighted by Crippen LogP contribution is 2.38. The molecule has 0 bridgehead atoms. The van der Waals surface area contributed by atoms with Gasteiger partial charge in [0.05, 0.1) is 19.8 Å². The molecule has 0 amide bonds. The molecule has 5 heteroatoms. The molecule has 0 aliphatic rings. The molecule has 1 aromatic heterocycles. The summed E-state index contributed by atoms with van der Waals surface area (Å²) in [6, 6.07) is 14.8. The van der Waals surface area contributed by atoms with Crippen molar-refractivity contribution in [1.29, 1.82) is 0 Å². The number of carbonyl (C=O) groups is 1. The van der Waals surface area contributed by atoms with Crippen molar-refractivity contribution in [1.82, 2.24) is 4.98 Å². The molecule has 5 nitrogen and oxygen atoms in total. The van der Waals surface area contributed by atoms with Gasteiger partial charge in [0.2, 0.25) is 0 Å². The van der Waals surface area contributed by atoms with Crippen LogP contribution in [0.15, 0.2) is 59.5 Å². The van der Waals surface area contributed by atoms with Crippen molar-refractivity contribution in [3.63, 3.8) is 0 Å². The Morgan fingerprint density at radius 1 is 0.968 bits per heavy atom. The molecule has 0 atom stereocenters. The SMILES string of the molecule is COC(=O)c1ccccc1/C=C/c1cc(-c2ccc[nH]c2=O)cc(C(C)(C)C)c1OC. The van der Waals surface area contributed by atoms with E-state index in [0.717, 1.165) is 28.0 Å². The number of aromatic amines is 1. The van der Waals surface area contributed by atoms with E-state index in [-0.39, 0.29) is 11.0 Å². The van der Waals surface area contributed by atoms with Crippen molar-refractivity contribution in [2.45, 2.75) is 26.2 Å². The molecule has 2 aromatic carbocycles. The average molecular weight is 418 g/mol. The van der Waals surface area contributed by atoms with Crippen LogP contribution in [0.2, 0.25) is 0 Å². The molecular formula is C26H27NO4. The van der Waals surface area contributed by atoms with Gasteiger partial charge in [-0.05, 0) is 46.9 Å². The molecule has 0 aliphatic carbocycles. The molecule has 0 fully saturated rings. The third kappa shape index (κ3) is 4.77. The Morgan fingerprint density at radius 3 is 2.32 bits per heavy atom. The third-order valence-corrected chi connectivity index (χ3v) is 5.07. The summed E-state index contributed by atoms with van der Waals surface area (Å²) in [5.41, 5.74) is 4.02. The zero-order valence-electron chi connectivity index (χ0n) is 18.5. The number of pyridine rings is 1. The normalized spacial score (nSPS) is 11.5. The molecule has 0 aliphatic heterocycles. The third-order valence-electron chi connectivity index (χ3n) is 5.07. The maximum Gasteiger partial charge on any atom is 0.338 e. The first-order valence-corrected chi connectivity index (χ1v) is 10.0. The fourth-order valence-corrected chi connectivity index (χ4v) is 3.48. The van der Waals surface area contributed by atoms with Crippen molar-refractivity contribution in [2.75, 3.05) is 14.2 Å². The summed E-state index contributed by atoms with van der Waals surface area (Å²) in [6.07, 6.45) is 5.37. The lowest BCUT2D eigenvalue weighted by molar-refractivity contribution is 0.0600. The van der Waals surface area contributed by atoms with Crippen molar-refractivity contribution in [2.24, 2.45) is 0 Å². The Kier molecular flexibility index (Phi) is 6.44. The maximum absolute atomic E-state index is 12.4. The molecule has 3 aromatic rings. The van der Waals surface area contributed by atoms with Crippen molar-refractivity contribution in [3.8, 4) is 16.9 Å². The van der Waals surface area contributed by atoms with Gasteiger partial charge in [-0.1, -0.05) is 51.1 Å². The average Bonchev–Trinajstić information content (AvgIpc) is 2.76. The number of ether oxygens (including phenoxy) is 2. The maximum atomic E-state index is 12.4. The first-order valence-electron chi connectivity index (χ1n) is 10.0. The minimum absolute atomic E-state index is 0.154. The number of nitrogens with one attached hydrogen (secondary N) is 1. The van der Waals surface area contributed by atoms with Crippen molar-refractivity contribution < 1.29 is 14.3 Å². The number of rotatable bonds is 5. The van der Waals surface area contributed by atoms with Crippen LogP contribution in [0.3, 0.4) is 0 Å². The second-order valence-corrected chi connectivity index (χ2v) is 8.22. The summed E-state index contributed by atoms with van der Waals surface area (Å²) in [5.74, 6) is 0.336. The molecule has 0 saturated heterocycles. The Labute approximate surface area is 182 Å². The van der Waals surface area contributed by atoms with E-state index >= 15 is 0 Å². The van der Waals surface area contributed by atoms with Crippen LogP contribution in [0.1, 0.15) is 47.8 Å². The van der Waals surface area contributed by atoms with Crippen LogP contribution in [-0.2, 0) is 10.2 Å². The van der Waals surface area contributed by atoms with Crippen molar-refractivity contribution >= 4 is 18.1 Å². The van der Waals surface area contributed by atoms with Crippen LogP contribution in [0.25, 0.3) is 23.3 Å². The minimum atomic E-state index is -0.396. The Morgan fingerprint density at radius 2 is 1.68 bits per heavy atom. The number of aromatic nitrogens is 1. The fourth-order valence-electron chi connectivity index (χ4n) is 3.48. The molecule has 0 unspecified atom stereocenters. The van der Waals surface area contributed by atoms with Gasteiger partial charge in [0, 0.05) is 22.9 Å². The summed E-state index contributed by atoms with van der Waals surface area (Å²) < 4.78 is 10.7. The molecule has 0 spiro atoms. The van der Waals surface area contributed by atoms with Gasteiger partial charge >= 0.3 is 5.97 Å². The van der Waals surface area contributed by atoms with Gasteiger partial charge < -0.3 is 14.5 Å². The fraction of sp³-hybridized carbons (Fsp3) is 0.231. The van der Waals surface area contributed by atoms with E-state index in [9.17, 15) is 9.59 Å². The second-order valence-electron chi connectivity index (χ2n) is 8.22. The highest BCUT2D eigenvalue weighted by atomic mass is 16.5. The number of benzene rings is 2.